The fourth-order valence-electron chi connectivity index (χ4n) is 1.38. The summed E-state index contributed by atoms with van der Waals surface area (Å²) in [6.45, 7) is 2.08. The lowest BCUT2D eigenvalue weighted by atomic mass is 10.3. The van der Waals surface area contributed by atoms with Crippen LogP contribution in [-0.4, -0.2) is 9.97 Å². The van der Waals surface area contributed by atoms with Gasteiger partial charge in [-0.2, -0.15) is 0 Å². The Morgan fingerprint density at radius 2 is 2.18 bits per heavy atom. The second kappa shape index (κ2) is 5.44. The number of nitrogen functional groups attached to an aromatic ring is 1. The Balaban J connectivity index is 2.19. The third kappa shape index (κ3) is 2.74. The molecule has 2 heterocycles. The number of nitrogens with one attached hydrogen (secondary N) is 2. The number of rotatable bonds is 4. The minimum absolute atomic E-state index is 0.187. The van der Waals surface area contributed by atoms with E-state index in [-0.39, 0.29) is 6.04 Å². The highest BCUT2D eigenvalue weighted by atomic mass is 79.9. The van der Waals surface area contributed by atoms with Gasteiger partial charge in [-0.25, -0.2) is 15.8 Å². The fraction of sp³-hybridized carbons (Fsp3) is 0.200. The average molecular weight is 314 g/mol. The molecule has 0 saturated carbocycles. The van der Waals surface area contributed by atoms with Crippen LogP contribution in [-0.2, 0) is 0 Å². The van der Waals surface area contributed by atoms with Gasteiger partial charge in [-0.15, -0.1) is 11.3 Å². The molecule has 2 aromatic heterocycles. The molecule has 0 saturated heterocycles. The maximum absolute atomic E-state index is 5.35. The number of anilines is 2. The molecule has 0 spiro atoms. The summed E-state index contributed by atoms with van der Waals surface area (Å²) in [6, 6.07) is 4.30. The van der Waals surface area contributed by atoms with Gasteiger partial charge in [-0.3, -0.25) is 0 Å². The van der Waals surface area contributed by atoms with Crippen LogP contribution >= 0.6 is 27.3 Å². The molecule has 1 unspecified atom stereocenters. The Morgan fingerprint density at radius 1 is 1.41 bits per heavy atom. The van der Waals surface area contributed by atoms with E-state index in [1.54, 1.807) is 11.3 Å². The van der Waals surface area contributed by atoms with E-state index in [0.29, 0.717) is 11.6 Å². The first kappa shape index (κ1) is 12.3. The van der Waals surface area contributed by atoms with Crippen molar-refractivity contribution in [1.82, 2.24) is 9.97 Å². The molecule has 0 aliphatic rings. The number of hydrazine groups is 1. The van der Waals surface area contributed by atoms with Crippen LogP contribution in [0.1, 0.15) is 17.8 Å². The van der Waals surface area contributed by atoms with E-state index in [1.165, 1.54) is 11.2 Å². The summed E-state index contributed by atoms with van der Waals surface area (Å²) in [6.07, 6.45) is 1.46. The number of thiophene rings is 1. The molecule has 1 atom stereocenters. The third-order valence-electron chi connectivity index (χ3n) is 2.25. The van der Waals surface area contributed by atoms with Crippen molar-refractivity contribution in [2.24, 2.45) is 5.84 Å². The van der Waals surface area contributed by atoms with Gasteiger partial charge < -0.3 is 10.7 Å². The highest BCUT2D eigenvalue weighted by molar-refractivity contribution is 9.10. The van der Waals surface area contributed by atoms with Crippen molar-refractivity contribution in [2.45, 2.75) is 13.0 Å². The summed E-state index contributed by atoms with van der Waals surface area (Å²) in [5, 5.41) is 5.36. The van der Waals surface area contributed by atoms with E-state index in [9.17, 15) is 0 Å². The normalized spacial score (nSPS) is 12.2. The van der Waals surface area contributed by atoms with Crippen molar-refractivity contribution < 1.29 is 0 Å². The molecule has 0 amide bonds. The van der Waals surface area contributed by atoms with Crippen molar-refractivity contribution in [2.75, 3.05) is 10.7 Å². The van der Waals surface area contributed by atoms with Crippen LogP contribution in [0.5, 0.6) is 0 Å². The third-order valence-corrected chi connectivity index (χ3v) is 4.06. The van der Waals surface area contributed by atoms with Crippen LogP contribution < -0.4 is 16.6 Å². The Labute approximate surface area is 112 Å². The molecule has 0 aliphatic heterocycles. The van der Waals surface area contributed by atoms with E-state index in [1.807, 2.05) is 6.07 Å². The van der Waals surface area contributed by atoms with Gasteiger partial charge in [0.05, 0.1) is 6.04 Å². The van der Waals surface area contributed by atoms with Crippen LogP contribution in [0.25, 0.3) is 0 Å². The molecule has 90 valence electrons. The summed E-state index contributed by atoms with van der Waals surface area (Å²) in [5.74, 6) is 6.62. The minimum atomic E-state index is 0.187. The van der Waals surface area contributed by atoms with Gasteiger partial charge in [-0.05, 0) is 34.3 Å². The van der Waals surface area contributed by atoms with Gasteiger partial charge in [0, 0.05) is 4.88 Å². The first-order chi connectivity index (χ1) is 8.22. The second-order valence-electron chi connectivity index (χ2n) is 3.41. The van der Waals surface area contributed by atoms with Crippen LogP contribution in [0.3, 0.4) is 0 Å². The second-order valence-corrected chi connectivity index (χ2v) is 5.18. The molecule has 17 heavy (non-hydrogen) atoms. The Bertz CT molecular complexity index is 487. The number of halogens is 1. The Kier molecular flexibility index (Phi) is 3.93. The van der Waals surface area contributed by atoms with E-state index < -0.39 is 0 Å². The summed E-state index contributed by atoms with van der Waals surface area (Å²) < 4.78 is 0.728. The van der Waals surface area contributed by atoms with Gasteiger partial charge in [0.2, 0.25) is 0 Å². The van der Waals surface area contributed by atoms with Crippen molar-refractivity contribution >= 4 is 38.9 Å². The molecule has 4 N–H and O–H groups in total. The Morgan fingerprint density at radius 3 is 2.82 bits per heavy atom. The van der Waals surface area contributed by atoms with Crippen molar-refractivity contribution in [3.05, 3.63) is 33.2 Å². The molecule has 0 aromatic carbocycles. The zero-order chi connectivity index (χ0) is 12.3. The molecule has 2 rings (SSSR count). The predicted octanol–water partition coefficient (Wildman–Crippen LogP) is 2.76. The topological polar surface area (TPSA) is 75.9 Å². The summed E-state index contributed by atoms with van der Waals surface area (Å²) in [7, 11) is 0. The minimum Gasteiger partial charge on any atom is -0.362 e. The number of hydrogen-bond donors (Lipinski definition) is 3. The van der Waals surface area contributed by atoms with Gasteiger partial charge in [0.15, 0.2) is 5.82 Å². The molecular formula is C10H12BrN5S. The quantitative estimate of drug-likeness (QED) is 0.597. The van der Waals surface area contributed by atoms with E-state index in [4.69, 9.17) is 5.84 Å². The molecule has 0 radical (unpaired) electrons. The fourth-order valence-corrected chi connectivity index (χ4v) is 2.55. The number of aromatic nitrogens is 2. The van der Waals surface area contributed by atoms with Gasteiger partial charge in [0.25, 0.3) is 0 Å². The van der Waals surface area contributed by atoms with Crippen molar-refractivity contribution in [1.29, 1.82) is 0 Å². The zero-order valence-electron chi connectivity index (χ0n) is 9.14. The lowest BCUT2D eigenvalue weighted by Crippen LogP contribution is -2.12. The Hall–Kier alpha value is -1.18. The number of nitrogens with zero attached hydrogens (tertiary/aromatic N) is 2. The van der Waals surface area contributed by atoms with Crippen LogP contribution in [0.4, 0.5) is 11.6 Å². The highest BCUT2D eigenvalue weighted by Crippen LogP contribution is 2.29. The van der Waals surface area contributed by atoms with E-state index >= 15 is 0 Å². The molecule has 5 nitrogen and oxygen atoms in total. The first-order valence-electron chi connectivity index (χ1n) is 4.99. The van der Waals surface area contributed by atoms with Crippen molar-refractivity contribution in [3.63, 3.8) is 0 Å². The molecule has 0 bridgehead atoms. The van der Waals surface area contributed by atoms with E-state index in [2.05, 4.69) is 55.0 Å². The largest absolute Gasteiger partial charge is 0.362 e. The van der Waals surface area contributed by atoms with E-state index in [0.717, 1.165) is 4.47 Å². The standard InChI is InChI=1S/C10H12BrN5S/c1-6(7-3-2-4-17-7)15-9-8(11)10(16-12)14-5-13-9/h2-6H,12H2,1H3,(H2,13,14,15,16). The molecule has 7 heteroatoms. The first-order valence-corrected chi connectivity index (χ1v) is 6.66. The smallest absolute Gasteiger partial charge is 0.159 e. The molecule has 2 aromatic rings. The molecular weight excluding hydrogens is 302 g/mol. The lowest BCUT2D eigenvalue weighted by molar-refractivity contribution is 0.890. The van der Waals surface area contributed by atoms with Crippen LogP contribution in [0, 0.1) is 0 Å². The summed E-state index contributed by atoms with van der Waals surface area (Å²) in [4.78, 5) is 9.42. The van der Waals surface area contributed by atoms with Gasteiger partial charge in [-0.1, -0.05) is 6.07 Å². The lowest BCUT2D eigenvalue weighted by Gasteiger charge is -2.14. The predicted molar refractivity (Wildman–Crippen MR) is 73.9 cm³/mol. The monoisotopic (exact) mass is 313 g/mol. The average Bonchev–Trinajstić information content (AvgIpc) is 2.85. The van der Waals surface area contributed by atoms with Crippen molar-refractivity contribution in [3.8, 4) is 0 Å². The molecule has 0 fully saturated rings. The SMILES string of the molecule is CC(Nc1ncnc(NN)c1Br)c1cccs1. The number of nitrogens with two attached hydrogens (primary N) is 1. The highest BCUT2D eigenvalue weighted by Gasteiger charge is 2.12. The summed E-state index contributed by atoms with van der Waals surface area (Å²) >= 11 is 5.11. The van der Waals surface area contributed by atoms with Crippen LogP contribution in [0.15, 0.2) is 28.3 Å². The van der Waals surface area contributed by atoms with Gasteiger partial charge >= 0.3 is 0 Å². The number of hydrogen-bond acceptors (Lipinski definition) is 6. The zero-order valence-corrected chi connectivity index (χ0v) is 11.5. The molecule has 0 aliphatic carbocycles. The van der Waals surface area contributed by atoms with Crippen LogP contribution in [0.2, 0.25) is 0 Å². The van der Waals surface area contributed by atoms with Gasteiger partial charge in [0.1, 0.15) is 16.6 Å². The maximum Gasteiger partial charge on any atom is 0.159 e. The maximum atomic E-state index is 5.35. The summed E-state index contributed by atoms with van der Waals surface area (Å²) in [5.41, 5.74) is 2.51.